The molecule has 1 amide bonds. The van der Waals surface area contributed by atoms with Gasteiger partial charge in [-0.25, -0.2) is 4.99 Å². The largest absolute Gasteiger partial charge is 0.508 e. The number of carbonyl (C=O) groups is 1. The molecule has 28 heavy (non-hydrogen) atoms. The number of nitrogens with zero attached hydrogens (tertiary/aromatic N) is 1. The second-order valence-corrected chi connectivity index (χ2v) is 8.00. The van der Waals surface area contributed by atoms with Crippen LogP contribution in [0.25, 0.3) is 0 Å². The minimum Gasteiger partial charge on any atom is -0.508 e. The van der Waals surface area contributed by atoms with Crippen LogP contribution in [0.3, 0.4) is 0 Å². The van der Waals surface area contributed by atoms with Crippen molar-refractivity contribution in [3.8, 4) is 5.75 Å². The second-order valence-electron chi connectivity index (χ2n) is 6.92. The average molecular weight is 388 g/mol. The molecule has 0 unspecified atom stereocenters. The molecule has 0 fully saturated rings. The number of nitrogens with one attached hydrogen (secondary N) is 1. The van der Waals surface area contributed by atoms with Gasteiger partial charge in [0.1, 0.15) is 5.75 Å². The molecule has 1 aliphatic rings. The molecule has 0 atom stereocenters. The highest BCUT2D eigenvalue weighted by Gasteiger charge is 2.20. The van der Waals surface area contributed by atoms with Crippen molar-refractivity contribution in [2.45, 2.75) is 29.7 Å². The van der Waals surface area contributed by atoms with Crippen molar-refractivity contribution in [3.63, 3.8) is 0 Å². The standard InChI is InChI=1S/C23H20N2O2S/c1-14(2)24-23(27)16-10-11-21-19(13-16)25-22(15-6-5-7-17(26)12-15)18-8-3-4-9-20(18)28-21/h3-14,26H,1-2H3,(H,24,27). The summed E-state index contributed by atoms with van der Waals surface area (Å²) in [5, 5.41) is 12.9. The van der Waals surface area contributed by atoms with Crippen molar-refractivity contribution in [2.24, 2.45) is 4.99 Å². The summed E-state index contributed by atoms with van der Waals surface area (Å²) in [6.07, 6.45) is 0. The van der Waals surface area contributed by atoms with Crippen LogP contribution in [0.5, 0.6) is 5.75 Å². The molecule has 3 aromatic rings. The van der Waals surface area contributed by atoms with Gasteiger partial charge in [-0.2, -0.15) is 0 Å². The molecule has 0 aromatic heterocycles. The van der Waals surface area contributed by atoms with E-state index >= 15 is 0 Å². The highest BCUT2D eigenvalue weighted by molar-refractivity contribution is 7.99. The number of rotatable bonds is 3. The van der Waals surface area contributed by atoms with Crippen LogP contribution in [-0.4, -0.2) is 22.8 Å². The number of aromatic hydroxyl groups is 1. The Hall–Kier alpha value is -3.05. The lowest BCUT2D eigenvalue weighted by Crippen LogP contribution is -2.29. The SMILES string of the molecule is CC(C)NC(=O)c1ccc2c(c1)N=C(c1cccc(O)c1)c1ccccc1S2. The molecule has 4 rings (SSSR count). The van der Waals surface area contributed by atoms with Gasteiger partial charge in [-0.1, -0.05) is 42.1 Å². The molecule has 0 radical (unpaired) electrons. The highest BCUT2D eigenvalue weighted by atomic mass is 32.2. The van der Waals surface area contributed by atoms with Crippen molar-refractivity contribution in [1.82, 2.24) is 5.32 Å². The lowest BCUT2D eigenvalue weighted by molar-refractivity contribution is 0.0943. The van der Waals surface area contributed by atoms with E-state index in [4.69, 9.17) is 4.99 Å². The summed E-state index contributed by atoms with van der Waals surface area (Å²) in [4.78, 5) is 19.4. The number of hydrogen-bond acceptors (Lipinski definition) is 4. The monoisotopic (exact) mass is 388 g/mol. The summed E-state index contributed by atoms with van der Waals surface area (Å²) in [5.41, 5.74) is 3.94. The van der Waals surface area contributed by atoms with E-state index in [9.17, 15) is 9.90 Å². The maximum atomic E-state index is 12.4. The van der Waals surface area contributed by atoms with Gasteiger partial charge in [-0.15, -0.1) is 0 Å². The zero-order chi connectivity index (χ0) is 19.7. The first-order valence-electron chi connectivity index (χ1n) is 9.11. The average Bonchev–Trinajstić information content (AvgIpc) is 2.83. The van der Waals surface area contributed by atoms with Crippen molar-refractivity contribution < 1.29 is 9.90 Å². The number of fused-ring (bicyclic) bond motifs is 2. The summed E-state index contributed by atoms with van der Waals surface area (Å²) in [6.45, 7) is 3.87. The topological polar surface area (TPSA) is 61.7 Å². The fraction of sp³-hybridized carbons (Fsp3) is 0.130. The van der Waals surface area contributed by atoms with E-state index in [0.717, 1.165) is 32.3 Å². The number of phenolic OH excluding ortho intramolecular Hbond substituents is 1. The van der Waals surface area contributed by atoms with E-state index in [2.05, 4.69) is 11.4 Å². The fourth-order valence-electron chi connectivity index (χ4n) is 3.10. The molecular formula is C23H20N2O2S. The third kappa shape index (κ3) is 3.66. The molecule has 1 heterocycles. The molecule has 140 valence electrons. The summed E-state index contributed by atoms with van der Waals surface area (Å²) < 4.78 is 0. The predicted octanol–water partition coefficient (Wildman–Crippen LogP) is 5.16. The van der Waals surface area contributed by atoms with E-state index in [1.54, 1.807) is 30.0 Å². The number of amides is 1. The molecule has 5 heteroatoms. The molecule has 0 aliphatic carbocycles. The van der Waals surface area contributed by atoms with E-state index in [1.807, 2.05) is 56.3 Å². The Morgan fingerprint density at radius 1 is 1.00 bits per heavy atom. The molecular weight excluding hydrogens is 368 g/mol. The van der Waals surface area contributed by atoms with Gasteiger partial charge in [-0.05, 0) is 50.2 Å². The van der Waals surface area contributed by atoms with Crippen molar-refractivity contribution in [2.75, 3.05) is 0 Å². The predicted molar refractivity (Wildman–Crippen MR) is 113 cm³/mol. The molecule has 2 N–H and O–H groups in total. The van der Waals surface area contributed by atoms with Gasteiger partial charge < -0.3 is 10.4 Å². The Morgan fingerprint density at radius 3 is 2.61 bits per heavy atom. The van der Waals surface area contributed by atoms with Gasteiger partial charge >= 0.3 is 0 Å². The van der Waals surface area contributed by atoms with Gasteiger partial charge in [-0.3, -0.25) is 4.79 Å². The van der Waals surface area contributed by atoms with Crippen LogP contribution in [0.15, 0.2) is 81.5 Å². The van der Waals surface area contributed by atoms with Gasteiger partial charge in [0.15, 0.2) is 0 Å². The maximum absolute atomic E-state index is 12.4. The quantitative estimate of drug-likeness (QED) is 0.509. The summed E-state index contributed by atoms with van der Waals surface area (Å²) in [6, 6.07) is 20.8. The Morgan fingerprint density at radius 2 is 1.82 bits per heavy atom. The van der Waals surface area contributed by atoms with E-state index < -0.39 is 0 Å². The lowest BCUT2D eigenvalue weighted by atomic mass is 10.0. The summed E-state index contributed by atoms with van der Waals surface area (Å²) >= 11 is 1.63. The number of phenols is 1. The van der Waals surface area contributed by atoms with Crippen LogP contribution in [0.2, 0.25) is 0 Å². The van der Waals surface area contributed by atoms with Crippen LogP contribution in [0, 0.1) is 0 Å². The fourth-order valence-corrected chi connectivity index (χ4v) is 4.10. The Labute approximate surface area is 168 Å². The summed E-state index contributed by atoms with van der Waals surface area (Å²) in [5.74, 6) is 0.0820. The van der Waals surface area contributed by atoms with Crippen LogP contribution < -0.4 is 5.32 Å². The molecule has 0 spiro atoms. The van der Waals surface area contributed by atoms with Gasteiger partial charge in [0.25, 0.3) is 5.91 Å². The van der Waals surface area contributed by atoms with Gasteiger partial charge in [0, 0.05) is 32.5 Å². The van der Waals surface area contributed by atoms with Crippen LogP contribution >= 0.6 is 11.8 Å². The Bertz CT molecular complexity index is 1090. The first kappa shape index (κ1) is 18.3. The third-order valence-electron chi connectivity index (χ3n) is 4.35. The molecule has 3 aromatic carbocycles. The number of carbonyl (C=O) groups excluding carboxylic acids is 1. The lowest BCUT2D eigenvalue weighted by Gasteiger charge is -2.10. The molecule has 0 saturated heterocycles. The first-order chi connectivity index (χ1) is 13.5. The summed E-state index contributed by atoms with van der Waals surface area (Å²) in [7, 11) is 0. The van der Waals surface area contributed by atoms with Crippen LogP contribution in [0.4, 0.5) is 5.69 Å². The smallest absolute Gasteiger partial charge is 0.251 e. The zero-order valence-corrected chi connectivity index (χ0v) is 16.5. The minimum absolute atomic E-state index is 0.0660. The first-order valence-corrected chi connectivity index (χ1v) is 9.93. The van der Waals surface area contributed by atoms with Crippen LogP contribution in [0.1, 0.15) is 35.3 Å². The third-order valence-corrected chi connectivity index (χ3v) is 5.50. The molecule has 0 bridgehead atoms. The number of benzene rings is 3. The second kappa shape index (κ2) is 7.52. The number of aliphatic imine (C=N–C) groups is 1. The molecule has 4 nitrogen and oxygen atoms in total. The normalized spacial score (nSPS) is 12.6. The van der Waals surface area contributed by atoms with Crippen molar-refractivity contribution in [3.05, 3.63) is 83.4 Å². The Kier molecular flexibility index (Phi) is 4.92. The van der Waals surface area contributed by atoms with E-state index in [0.29, 0.717) is 5.56 Å². The minimum atomic E-state index is -0.112. The van der Waals surface area contributed by atoms with Crippen molar-refractivity contribution >= 4 is 29.1 Å². The van der Waals surface area contributed by atoms with Crippen LogP contribution in [-0.2, 0) is 0 Å². The van der Waals surface area contributed by atoms with E-state index in [-0.39, 0.29) is 17.7 Å². The van der Waals surface area contributed by atoms with Gasteiger partial charge in [0.2, 0.25) is 0 Å². The molecule has 1 aliphatic heterocycles. The highest BCUT2D eigenvalue weighted by Crippen LogP contribution is 2.41. The number of hydrogen-bond donors (Lipinski definition) is 2. The Balaban J connectivity index is 1.88. The molecule has 0 saturated carbocycles. The van der Waals surface area contributed by atoms with E-state index in [1.165, 1.54) is 0 Å². The van der Waals surface area contributed by atoms with Gasteiger partial charge in [0.05, 0.1) is 11.4 Å². The maximum Gasteiger partial charge on any atom is 0.251 e. The van der Waals surface area contributed by atoms with Crippen molar-refractivity contribution in [1.29, 1.82) is 0 Å². The zero-order valence-electron chi connectivity index (χ0n) is 15.6.